The molecule has 0 radical (unpaired) electrons. The molecule has 38 heavy (non-hydrogen) atoms. The van der Waals surface area contributed by atoms with E-state index < -0.39 is 49.7 Å². The van der Waals surface area contributed by atoms with Crippen molar-refractivity contribution in [3.63, 3.8) is 0 Å². The van der Waals surface area contributed by atoms with Gasteiger partial charge >= 0.3 is 13.7 Å². The molecule has 4 N–H and O–H groups in total. The third kappa shape index (κ3) is 5.93. The van der Waals surface area contributed by atoms with Crippen LogP contribution >= 0.6 is 19.3 Å². The van der Waals surface area contributed by atoms with Gasteiger partial charge in [0.1, 0.15) is 40.7 Å². The van der Waals surface area contributed by atoms with Crippen molar-refractivity contribution < 1.29 is 33.0 Å². The summed E-state index contributed by atoms with van der Waals surface area (Å²) in [4.78, 5) is 23.4. The van der Waals surface area contributed by atoms with Crippen LogP contribution in [-0.4, -0.2) is 66.4 Å². The van der Waals surface area contributed by atoms with Crippen LogP contribution in [0.1, 0.15) is 33.9 Å². The quantitative estimate of drug-likeness (QED) is 0.186. The Balaban J connectivity index is 1.54. The van der Waals surface area contributed by atoms with Crippen molar-refractivity contribution in [2.24, 2.45) is 0 Å². The zero-order valence-corrected chi connectivity index (χ0v) is 22.9. The number of esters is 1. The molecule has 3 heterocycles. The highest BCUT2D eigenvalue weighted by Crippen LogP contribution is 2.48. The molecule has 1 saturated heterocycles. The van der Waals surface area contributed by atoms with Crippen molar-refractivity contribution in [2.75, 3.05) is 12.3 Å². The number of nitrogens with zero attached hydrogens (tertiary/aromatic N) is 4. The molecule has 0 amide bonds. The van der Waals surface area contributed by atoms with Crippen LogP contribution < -0.4 is 15.3 Å². The van der Waals surface area contributed by atoms with Gasteiger partial charge in [0.2, 0.25) is 0 Å². The number of imidazole rings is 1. The van der Waals surface area contributed by atoms with Crippen LogP contribution in [0.3, 0.4) is 0 Å². The molecule has 1 fully saturated rings. The summed E-state index contributed by atoms with van der Waals surface area (Å²) in [5.74, 6) is -0.221. The van der Waals surface area contributed by atoms with Gasteiger partial charge in [0.15, 0.2) is 17.7 Å². The number of nitrogens with one attached hydrogen (secondary N) is 1. The summed E-state index contributed by atoms with van der Waals surface area (Å²) in [6.45, 7) is 6.06. The molecule has 1 aliphatic rings. The standard InChI is InChI=1S/C23H30ClN6O7P/c1-13(2)35-21(32)14(3)29-38(33,37-15-8-6-5-7-9-15)34-10-16-18(31)23(4,24)22(36-16)30-12-28-17-19(25)26-11-27-20(17)30/h5-9,11-14,16,18,22,31H,10H2,1-4H3,(H,29,33)(H2,25,26,27)/t14-,16-,18-,22-,23-,38-/m1/s1. The van der Waals surface area contributed by atoms with Crippen molar-refractivity contribution in [3.05, 3.63) is 43.0 Å². The minimum Gasteiger partial charge on any atom is -0.462 e. The van der Waals surface area contributed by atoms with Gasteiger partial charge in [0, 0.05) is 0 Å². The SMILES string of the molecule is CC(C)OC(=O)[C@@H](C)N[P@@](=O)(OC[C@H]1O[C@@H](n2cnc3c(N)ncnc32)[C@](C)(Cl)[C@@H]1O)Oc1ccccc1. The minimum atomic E-state index is -4.18. The highest BCUT2D eigenvalue weighted by Gasteiger charge is 2.54. The van der Waals surface area contributed by atoms with Crippen molar-refractivity contribution in [2.45, 2.75) is 63.2 Å². The van der Waals surface area contributed by atoms with E-state index in [-0.39, 0.29) is 17.7 Å². The Kier molecular flexibility index (Phi) is 8.26. The number of carbonyl (C=O) groups excluding carboxylic acids is 1. The van der Waals surface area contributed by atoms with Gasteiger partial charge in [-0.05, 0) is 39.8 Å². The largest absolute Gasteiger partial charge is 0.462 e. The van der Waals surface area contributed by atoms with Gasteiger partial charge in [0.25, 0.3) is 0 Å². The number of aliphatic hydroxyl groups excluding tert-OH is 1. The summed E-state index contributed by atoms with van der Waals surface area (Å²) < 4.78 is 37.8. The number of nitrogen functional groups attached to an aromatic ring is 1. The number of nitrogens with two attached hydrogens (primary N) is 1. The van der Waals surface area contributed by atoms with Gasteiger partial charge in [0.05, 0.1) is 19.0 Å². The molecule has 3 aromatic rings. The summed E-state index contributed by atoms with van der Waals surface area (Å²) in [5.41, 5.74) is 6.60. The fraction of sp³-hybridized carbons (Fsp3) is 0.478. The molecule has 15 heteroatoms. The average molecular weight is 569 g/mol. The highest BCUT2D eigenvalue weighted by atomic mass is 35.5. The number of anilines is 1. The van der Waals surface area contributed by atoms with Gasteiger partial charge < -0.3 is 24.8 Å². The number of hydrogen-bond acceptors (Lipinski definition) is 11. The summed E-state index contributed by atoms with van der Waals surface area (Å²) >= 11 is 6.73. The zero-order valence-electron chi connectivity index (χ0n) is 21.2. The van der Waals surface area contributed by atoms with Crippen LogP contribution in [0.5, 0.6) is 5.75 Å². The highest BCUT2D eigenvalue weighted by molar-refractivity contribution is 7.52. The first-order chi connectivity index (χ1) is 17.9. The molecular weight excluding hydrogens is 539 g/mol. The monoisotopic (exact) mass is 568 g/mol. The number of fused-ring (bicyclic) bond motifs is 1. The molecular formula is C23H30ClN6O7P. The van der Waals surface area contributed by atoms with E-state index >= 15 is 0 Å². The maximum absolute atomic E-state index is 13.8. The van der Waals surface area contributed by atoms with E-state index in [1.165, 1.54) is 24.1 Å². The molecule has 1 aliphatic heterocycles. The van der Waals surface area contributed by atoms with E-state index in [2.05, 4.69) is 20.0 Å². The first-order valence-corrected chi connectivity index (χ1v) is 13.8. The number of aliphatic hydroxyl groups is 1. The number of carbonyl (C=O) groups is 1. The Labute approximate surface area is 224 Å². The Morgan fingerprint density at radius 3 is 2.68 bits per heavy atom. The summed E-state index contributed by atoms with van der Waals surface area (Å²) in [6, 6.07) is 7.27. The maximum atomic E-state index is 13.8. The van der Waals surface area contributed by atoms with E-state index in [4.69, 9.17) is 35.9 Å². The Morgan fingerprint density at radius 2 is 2.00 bits per heavy atom. The first kappa shape index (κ1) is 28.2. The second-order valence-electron chi connectivity index (χ2n) is 9.24. The normalized spacial score (nSPS) is 25.8. The van der Waals surface area contributed by atoms with E-state index in [0.29, 0.717) is 11.2 Å². The molecule has 13 nitrogen and oxygen atoms in total. The van der Waals surface area contributed by atoms with E-state index in [1.807, 2.05) is 0 Å². The van der Waals surface area contributed by atoms with Gasteiger partial charge in [-0.3, -0.25) is 13.9 Å². The number of benzene rings is 1. The van der Waals surface area contributed by atoms with Crippen LogP contribution in [0.25, 0.3) is 11.2 Å². The molecule has 0 saturated carbocycles. The van der Waals surface area contributed by atoms with Crippen LogP contribution in [0, 0.1) is 0 Å². The third-order valence-corrected chi connectivity index (χ3v) is 7.85. The Hall–Kier alpha value is -2.80. The number of rotatable bonds is 10. The second kappa shape index (κ2) is 11.1. The van der Waals surface area contributed by atoms with Crippen molar-refractivity contribution >= 4 is 42.3 Å². The molecule has 0 aliphatic carbocycles. The van der Waals surface area contributed by atoms with Gasteiger partial charge in [-0.25, -0.2) is 19.5 Å². The molecule has 4 rings (SSSR count). The molecule has 2 aromatic heterocycles. The lowest BCUT2D eigenvalue weighted by Gasteiger charge is -2.26. The predicted molar refractivity (Wildman–Crippen MR) is 138 cm³/mol. The van der Waals surface area contributed by atoms with Crippen LogP contribution in [-0.2, 0) is 23.4 Å². The Bertz CT molecular complexity index is 1320. The smallest absolute Gasteiger partial charge is 0.459 e. The maximum Gasteiger partial charge on any atom is 0.459 e. The molecule has 206 valence electrons. The first-order valence-electron chi connectivity index (χ1n) is 11.8. The second-order valence-corrected chi connectivity index (χ2v) is 11.7. The predicted octanol–water partition coefficient (Wildman–Crippen LogP) is 2.80. The zero-order chi connectivity index (χ0) is 27.7. The van der Waals surface area contributed by atoms with Crippen LogP contribution in [0.4, 0.5) is 5.82 Å². The fourth-order valence-corrected chi connectivity index (χ4v) is 5.70. The molecule has 6 atom stereocenters. The van der Waals surface area contributed by atoms with Crippen molar-refractivity contribution in [3.8, 4) is 5.75 Å². The lowest BCUT2D eigenvalue weighted by atomic mass is 10.0. The summed E-state index contributed by atoms with van der Waals surface area (Å²) in [7, 11) is -4.18. The molecule has 1 aromatic carbocycles. The Morgan fingerprint density at radius 1 is 1.29 bits per heavy atom. The van der Waals surface area contributed by atoms with Crippen molar-refractivity contribution in [1.29, 1.82) is 0 Å². The number of hydrogen-bond donors (Lipinski definition) is 3. The van der Waals surface area contributed by atoms with Gasteiger partial charge in [-0.2, -0.15) is 5.09 Å². The number of ether oxygens (including phenoxy) is 2. The van der Waals surface area contributed by atoms with Gasteiger partial charge in [-0.15, -0.1) is 11.6 Å². The summed E-state index contributed by atoms with van der Waals surface area (Å²) in [6.07, 6.45) is -0.895. The lowest BCUT2D eigenvalue weighted by Crippen LogP contribution is -2.40. The molecule has 0 unspecified atom stereocenters. The number of halogens is 1. The van der Waals surface area contributed by atoms with Crippen LogP contribution in [0.2, 0.25) is 0 Å². The fourth-order valence-electron chi connectivity index (χ4n) is 3.90. The topological polar surface area (TPSA) is 173 Å². The van der Waals surface area contributed by atoms with Gasteiger partial charge in [-0.1, -0.05) is 18.2 Å². The number of aromatic nitrogens is 4. The average Bonchev–Trinajstić information content (AvgIpc) is 3.37. The number of alkyl halides is 1. The number of para-hydroxylation sites is 1. The van der Waals surface area contributed by atoms with E-state index in [1.54, 1.807) is 51.1 Å². The molecule has 0 spiro atoms. The summed E-state index contributed by atoms with van der Waals surface area (Å²) in [5, 5.41) is 13.6. The minimum absolute atomic E-state index is 0.179. The van der Waals surface area contributed by atoms with Crippen LogP contribution in [0.15, 0.2) is 43.0 Å². The third-order valence-electron chi connectivity index (χ3n) is 5.79. The molecule has 0 bridgehead atoms. The van der Waals surface area contributed by atoms with E-state index in [9.17, 15) is 14.5 Å². The van der Waals surface area contributed by atoms with E-state index in [0.717, 1.165) is 0 Å². The lowest BCUT2D eigenvalue weighted by molar-refractivity contribution is -0.149. The van der Waals surface area contributed by atoms with Crippen molar-refractivity contribution in [1.82, 2.24) is 24.6 Å².